The molecule has 4 rings (SSSR count). The van der Waals surface area contributed by atoms with E-state index in [1.165, 1.54) is 11.1 Å². The molecule has 1 N–H and O–H groups in total. The molecule has 0 spiro atoms. The van der Waals surface area contributed by atoms with E-state index >= 15 is 0 Å². The molecular weight excluding hydrogens is 312 g/mol. The third kappa shape index (κ3) is 2.21. The highest BCUT2D eigenvalue weighted by Gasteiger charge is 2.59. The average Bonchev–Trinajstić information content (AvgIpc) is 2.85. The largest absolute Gasteiger partial charge is 0.389 e. The monoisotopic (exact) mass is 340 g/mol. The van der Waals surface area contributed by atoms with Gasteiger partial charge in [-0.2, -0.15) is 0 Å². The van der Waals surface area contributed by atoms with Crippen LogP contribution in [0, 0.1) is 34.5 Å². The number of Topliss-reactive ketones (excluding diaryl/α,β-unsaturated/α-hetero) is 1. The Balaban J connectivity index is 1.75. The summed E-state index contributed by atoms with van der Waals surface area (Å²) in [6.45, 7) is 6.35. The summed E-state index contributed by atoms with van der Waals surface area (Å²) in [7, 11) is 0. The number of fused-ring (bicyclic) bond motifs is 5. The van der Waals surface area contributed by atoms with Crippen molar-refractivity contribution in [1.29, 1.82) is 0 Å². The van der Waals surface area contributed by atoms with Gasteiger partial charge in [0, 0.05) is 11.3 Å². The second-order valence-corrected chi connectivity index (χ2v) is 9.04. The van der Waals surface area contributed by atoms with Gasteiger partial charge in [0.05, 0.1) is 0 Å². The maximum Gasteiger partial charge on any atom is 0.178 e. The minimum absolute atomic E-state index is 0.0140. The lowest BCUT2D eigenvalue weighted by Gasteiger charge is -2.52. The topological polar surface area (TPSA) is 54.4 Å². The number of hydrogen-bond donors (Lipinski definition) is 1. The summed E-state index contributed by atoms with van der Waals surface area (Å²) in [4.78, 5) is 24.2. The molecule has 0 aromatic carbocycles. The predicted molar refractivity (Wildman–Crippen MR) is 96.7 cm³/mol. The first kappa shape index (κ1) is 17.0. The van der Waals surface area contributed by atoms with Crippen molar-refractivity contribution < 1.29 is 14.7 Å². The Morgan fingerprint density at radius 3 is 2.84 bits per heavy atom. The van der Waals surface area contributed by atoms with E-state index in [0.717, 1.165) is 25.7 Å². The van der Waals surface area contributed by atoms with E-state index in [1.54, 1.807) is 6.08 Å². The molecule has 2 saturated carbocycles. The van der Waals surface area contributed by atoms with Gasteiger partial charge in [0.1, 0.15) is 6.61 Å². The van der Waals surface area contributed by atoms with Crippen molar-refractivity contribution in [1.82, 2.24) is 0 Å². The van der Waals surface area contributed by atoms with Crippen LogP contribution >= 0.6 is 0 Å². The quantitative estimate of drug-likeness (QED) is 0.781. The van der Waals surface area contributed by atoms with Crippen molar-refractivity contribution in [3.8, 4) is 0 Å². The van der Waals surface area contributed by atoms with Crippen molar-refractivity contribution >= 4 is 11.6 Å². The number of rotatable bonds is 2. The first-order valence-electron chi connectivity index (χ1n) is 9.59. The molecule has 0 aromatic rings. The van der Waals surface area contributed by atoms with Crippen LogP contribution in [0.25, 0.3) is 0 Å². The van der Waals surface area contributed by atoms with Crippen LogP contribution in [0.1, 0.15) is 46.5 Å². The Morgan fingerprint density at radius 2 is 2.12 bits per heavy atom. The summed E-state index contributed by atoms with van der Waals surface area (Å²) in [6, 6.07) is 0. The molecule has 0 bridgehead atoms. The van der Waals surface area contributed by atoms with Crippen LogP contribution in [0.2, 0.25) is 0 Å². The molecule has 3 heteroatoms. The fourth-order valence-corrected chi connectivity index (χ4v) is 6.67. The molecule has 2 fully saturated rings. The Labute approximate surface area is 149 Å². The van der Waals surface area contributed by atoms with Gasteiger partial charge < -0.3 is 5.11 Å². The SMILES string of the molecule is CC1CC2C3CCC4=CC(=O)C=C[C@]4(C)C3=CC[C@]2(C)[C@H]1C(=O)CO. The molecule has 25 heavy (non-hydrogen) atoms. The van der Waals surface area contributed by atoms with Gasteiger partial charge in [-0.25, -0.2) is 0 Å². The molecular formula is C22H28O3. The van der Waals surface area contributed by atoms with Crippen molar-refractivity contribution in [3.05, 3.63) is 35.5 Å². The van der Waals surface area contributed by atoms with Gasteiger partial charge in [-0.3, -0.25) is 9.59 Å². The smallest absolute Gasteiger partial charge is 0.178 e. The molecule has 4 aliphatic carbocycles. The molecule has 134 valence electrons. The van der Waals surface area contributed by atoms with E-state index < -0.39 is 0 Å². The normalized spacial score (nSPS) is 45.2. The number of ketones is 2. The fraction of sp³-hybridized carbons (Fsp3) is 0.636. The van der Waals surface area contributed by atoms with Crippen LogP contribution in [0.4, 0.5) is 0 Å². The molecule has 0 saturated heterocycles. The average molecular weight is 340 g/mol. The van der Waals surface area contributed by atoms with E-state index in [1.807, 2.05) is 6.08 Å². The minimum Gasteiger partial charge on any atom is -0.389 e. The summed E-state index contributed by atoms with van der Waals surface area (Å²) in [6.07, 6.45) is 12.0. The van der Waals surface area contributed by atoms with Gasteiger partial charge in [0.25, 0.3) is 0 Å². The molecule has 3 nitrogen and oxygen atoms in total. The molecule has 0 aliphatic heterocycles. The van der Waals surface area contributed by atoms with Crippen molar-refractivity contribution in [2.24, 2.45) is 34.5 Å². The lowest BCUT2D eigenvalue weighted by Crippen LogP contribution is -2.45. The van der Waals surface area contributed by atoms with Gasteiger partial charge in [-0.1, -0.05) is 37.1 Å². The summed E-state index contributed by atoms with van der Waals surface area (Å²) in [5.74, 6) is 1.39. The van der Waals surface area contributed by atoms with Gasteiger partial charge >= 0.3 is 0 Å². The highest BCUT2D eigenvalue weighted by molar-refractivity contribution is 6.01. The summed E-state index contributed by atoms with van der Waals surface area (Å²) < 4.78 is 0. The van der Waals surface area contributed by atoms with E-state index in [4.69, 9.17) is 0 Å². The fourth-order valence-electron chi connectivity index (χ4n) is 6.67. The molecule has 3 unspecified atom stereocenters. The molecule has 4 aliphatic rings. The Hall–Kier alpha value is -1.48. The van der Waals surface area contributed by atoms with Gasteiger partial charge in [0.2, 0.25) is 0 Å². The van der Waals surface area contributed by atoms with Crippen molar-refractivity contribution in [2.75, 3.05) is 6.61 Å². The zero-order chi connectivity index (χ0) is 18.0. The Kier molecular flexibility index (Phi) is 3.74. The lowest BCUT2D eigenvalue weighted by molar-refractivity contribution is -0.131. The van der Waals surface area contributed by atoms with Gasteiger partial charge in [-0.15, -0.1) is 0 Å². The summed E-state index contributed by atoms with van der Waals surface area (Å²) in [5, 5.41) is 9.46. The van der Waals surface area contributed by atoms with Crippen LogP contribution in [0.5, 0.6) is 0 Å². The Morgan fingerprint density at radius 1 is 1.36 bits per heavy atom. The molecule has 0 radical (unpaired) electrons. The maximum absolute atomic E-state index is 12.4. The lowest BCUT2D eigenvalue weighted by atomic mass is 9.52. The zero-order valence-electron chi connectivity index (χ0n) is 15.4. The highest BCUT2D eigenvalue weighted by Crippen LogP contribution is 2.65. The van der Waals surface area contributed by atoms with E-state index in [0.29, 0.717) is 17.8 Å². The predicted octanol–water partition coefficient (Wildman–Crippen LogP) is 3.64. The van der Waals surface area contributed by atoms with E-state index in [9.17, 15) is 14.7 Å². The third-order valence-electron chi connectivity index (χ3n) is 7.79. The summed E-state index contributed by atoms with van der Waals surface area (Å²) in [5.41, 5.74) is 2.54. The number of aliphatic hydroxyl groups is 1. The van der Waals surface area contributed by atoms with Crippen LogP contribution < -0.4 is 0 Å². The molecule has 0 heterocycles. The standard InChI is InChI=1S/C22H28O3/c1-13-10-18-16-5-4-14-11-15(24)6-8-21(14,2)17(16)7-9-22(18,3)20(13)19(25)12-23/h6-8,11,13,16,18,20,23H,4-5,9-10,12H2,1-3H3/t13?,16?,18?,20-,21+,22+/m1/s1. The molecule has 0 aromatic heterocycles. The van der Waals surface area contributed by atoms with Crippen LogP contribution in [-0.4, -0.2) is 23.3 Å². The Bertz CT molecular complexity index is 728. The van der Waals surface area contributed by atoms with Gasteiger partial charge in [0.15, 0.2) is 11.6 Å². The number of carbonyl (C=O) groups is 2. The minimum atomic E-state index is -0.339. The van der Waals surface area contributed by atoms with Crippen molar-refractivity contribution in [3.63, 3.8) is 0 Å². The first-order chi connectivity index (χ1) is 11.8. The van der Waals surface area contributed by atoms with E-state index in [2.05, 4.69) is 32.9 Å². The number of carbonyl (C=O) groups excluding carboxylic acids is 2. The summed E-state index contributed by atoms with van der Waals surface area (Å²) >= 11 is 0. The second-order valence-electron chi connectivity index (χ2n) is 9.04. The zero-order valence-corrected chi connectivity index (χ0v) is 15.4. The van der Waals surface area contributed by atoms with Crippen LogP contribution in [-0.2, 0) is 9.59 Å². The molecule has 6 atom stereocenters. The van der Waals surface area contributed by atoms with Crippen LogP contribution in [0.15, 0.2) is 35.5 Å². The third-order valence-corrected chi connectivity index (χ3v) is 7.79. The second kappa shape index (κ2) is 5.51. The highest BCUT2D eigenvalue weighted by atomic mass is 16.3. The number of aliphatic hydroxyl groups excluding tert-OH is 1. The van der Waals surface area contributed by atoms with E-state index in [-0.39, 0.29) is 34.9 Å². The number of allylic oxidation sites excluding steroid dienone is 6. The first-order valence-corrected chi connectivity index (χ1v) is 9.59. The van der Waals surface area contributed by atoms with Crippen molar-refractivity contribution in [2.45, 2.75) is 46.5 Å². The number of hydrogen-bond acceptors (Lipinski definition) is 3. The molecule has 0 amide bonds. The van der Waals surface area contributed by atoms with Gasteiger partial charge in [-0.05, 0) is 67.9 Å². The van der Waals surface area contributed by atoms with Crippen LogP contribution in [0.3, 0.4) is 0 Å². The maximum atomic E-state index is 12.4.